The number of rotatable bonds is 3. The molecule has 0 aliphatic heterocycles. The second-order valence-corrected chi connectivity index (χ2v) is 7.67. The van der Waals surface area contributed by atoms with Gasteiger partial charge in [0.2, 0.25) is 0 Å². The number of hydrogen-bond donors (Lipinski definition) is 2. The summed E-state index contributed by atoms with van der Waals surface area (Å²) in [5, 5.41) is 5.66. The third kappa shape index (κ3) is 3.31. The number of anilines is 1. The van der Waals surface area contributed by atoms with Gasteiger partial charge in [-0.1, -0.05) is 48.0 Å². The number of carbonyl (C=O) groups is 1. The first kappa shape index (κ1) is 18.4. The lowest BCUT2D eigenvalue weighted by Gasteiger charge is -2.08. The van der Waals surface area contributed by atoms with Crippen LogP contribution in [0.2, 0.25) is 5.02 Å². The molecule has 0 saturated heterocycles. The summed E-state index contributed by atoms with van der Waals surface area (Å²) in [5.41, 5.74) is 5.09. The lowest BCUT2D eigenvalue weighted by molar-refractivity contribution is 0.102. The Morgan fingerprint density at radius 2 is 1.73 bits per heavy atom. The van der Waals surface area contributed by atoms with Gasteiger partial charge in [0.05, 0.1) is 11.0 Å². The van der Waals surface area contributed by atoms with Gasteiger partial charge in [-0.3, -0.25) is 4.79 Å². The largest absolute Gasteiger partial charge is 0.338 e. The molecule has 1 amide bonds. The van der Waals surface area contributed by atoms with Gasteiger partial charge < -0.3 is 10.3 Å². The van der Waals surface area contributed by atoms with E-state index in [9.17, 15) is 4.79 Å². The number of carbonyl (C=O) groups excluding carboxylic acids is 1. The Bertz CT molecular complexity index is 1360. The summed E-state index contributed by atoms with van der Waals surface area (Å²) in [6.45, 7) is 1.97. The van der Waals surface area contributed by atoms with Crippen LogP contribution in [0.3, 0.4) is 0 Å². The van der Waals surface area contributed by atoms with Crippen molar-refractivity contribution in [2.24, 2.45) is 0 Å². The number of halogens is 1. The molecular formula is C25H18ClN3O. The van der Waals surface area contributed by atoms with Crippen molar-refractivity contribution < 1.29 is 4.79 Å². The van der Waals surface area contributed by atoms with Crippen LogP contribution in [0.5, 0.6) is 0 Å². The zero-order valence-corrected chi connectivity index (χ0v) is 17.0. The lowest BCUT2D eigenvalue weighted by atomic mass is 10.0. The minimum Gasteiger partial charge on any atom is -0.338 e. The van der Waals surface area contributed by atoms with E-state index in [1.54, 1.807) is 0 Å². The number of hydrogen-bond acceptors (Lipinski definition) is 2. The average molecular weight is 412 g/mol. The predicted octanol–water partition coefficient (Wildman–Crippen LogP) is 6.60. The van der Waals surface area contributed by atoms with E-state index in [1.807, 2.05) is 85.8 Å². The van der Waals surface area contributed by atoms with E-state index in [1.165, 1.54) is 0 Å². The number of nitrogens with zero attached hydrogens (tertiary/aromatic N) is 1. The fourth-order valence-electron chi connectivity index (χ4n) is 3.61. The summed E-state index contributed by atoms with van der Waals surface area (Å²) < 4.78 is 0. The summed E-state index contributed by atoms with van der Waals surface area (Å²) in [6, 6.07) is 25.1. The van der Waals surface area contributed by atoms with E-state index in [4.69, 9.17) is 11.6 Å². The molecule has 4 aromatic carbocycles. The summed E-state index contributed by atoms with van der Waals surface area (Å²) in [4.78, 5) is 20.8. The van der Waals surface area contributed by atoms with Crippen LogP contribution in [0.4, 0.5) is 5.69 Å². The van der Waals surface area contributed by atoms with Gasteiger partial charge in [0.15, 0.2) is 0 Å². The van der Waals surface area contributed by atoms with Gasteiger partial charge in [-0.05, 0) is 65.7 Å². The molecule has 4 nitrogen and oxygen atoms in total. The Hall–Kier alpha value is -3.63. The molecule has 0 bridgehead atoms. The van der Waals surface area contributed by atoms with Gasteiger partial charge in [-0.2, -0.15) is 0 Å². The molecule has 0 unspecified atom stereocenters. The van der Waals surface area contributed by atoms with Gasteiger partial charge >= 0.3 is 0 Å². The third-order valence-corrected chi connectivity index (χ3v) is 5.62. The van der Waals surface area contributed by atoms with Crippen molar-refractivity contribution in [2.45, 2.75) is 6.92 Å². The third-order valence-electron chi connectivity index (χ3n) is 5.21. The van der Waals surface area contributed by atoms with Crippen LogP contribution in [-0.2, 0) is 0 Å². The zero-order chi connectivity index (χ0) is 20.7. The molecule has 5 aromatic rings. The molecule has 1 heterocycles. The quantitative estimate of drug-likeness (QED) is 0.351. The molecule has 0 fully saturated rings. The summed E-state index contributed by atoms with van der Waals surface area (Å²) in [7, 11) is 0. The molecule has 0 radical (unpaired) electrons. The molecule has 146 valence electrons. The van der Waals surface area contributed by atoms with Crippen LogP contribution >= 0.6 is 11.6 Å². The Balaban J connectivity index is 1.40. The molecule has 2 N–H and O–H groups in total. The molecule has 5 heteroatoms. The monoisotopic (exact) mass is 411 g/mol. The minimum atomic E-state index is -0.131. The summed E-state index contributed by atoms with van der Waals surface area (Å²) in [6.07, 6.45) is 0. The second-order valence-electron chi connectivity index (χ2n) is 7.26. The molecule has 5 rings (SSSR count). The molecule has 0 spiro atoms. The topological polar surface area (TPSA) is 57.8 Å². The molecule has 1 aromatic heterocycles. The van der Waals surface area contributed by atoms with E-state index in [0.29, 0.717) is 10.6 Å². The normalized spacial score (nSPS) is 11.1. The maximum Gasteiger partial charge on any atom is 0.256 e. The van der Waals surface area contributed by atoms with Gasteiger partial charge in [-0.15, -0.1) is 0 Å². The molecule has 0 atom stereocenters. The van der Waals surface area contributed by atoms with Crippen molar-refractivity contribution in [1.82, 2.24) is 9.97 Å². The van der Waals surface area contributed by atoms with E-state index >= 15 is 0 Å². The molecular weight excluding hydrogens is 394 g/mol. The number of benzene rings is 4. The fraction of sp³-hybridized carbons (Fsp3) is 0.0400. The Labute approximate surface area is 178 Å². The number of amides is 1. The van der Waals surface area contributed by atoms with E-state index in [2.05, 4.69) is 15.3 Å². The number of H-pyrrole nitrogens is 1. The van der Waals surface area contributed by atoms with E-state index in [-0.39, 0.29) is 5.91 Å². The summed E-state index contributed by atoms with van der Waals surface area (Å²) in [5.74, 6) is 0.631. The number of imidazole rings is 1. The van der Waals surface area contributed by atoms with Crippen LogP contribution in [-0.4, -0.2) is 15.9 Å². The number of aromatic amines is 1. The van der Waals surface area contributed by atoms with Gasteiger partial charge in [-0.25, -0.2) is 4.98 Å². The highest BCUT2D eigenvalue weighted by Gasteiger charge is 2.11. The maximum absolute atomic E-state index is 12.8. The SMILES string of the molecule is Cc1cc2[nH]c(-c3ccc(NC(=O)c4cccc5ccccc45)cc3)nc2cc1Cl. The highest BCUT2D eigenvalue weighted by Crippen LogP contribution is 2.26. The van der Waals surface area contributed by atoms with Gasteiger partial charge in [0.1, 0.15) is 5.82 Å². The zero-order valence-electron chi connectivity index (χ0n) is 16.2. The highest BCUT2D eigenvalue weighted by molar-refractivity contribution is 6.32. The van der Waals surface area contributed by atoms with Crippen LogP contribution in [0.25, 0.3) is 33.2 Å². The average Bonchev–Trinajstić information content (AvgIpc) is 3.16. The summed E-state index contributed by atoms with van der Waals surface area (Å²) >= 11 is 6.20. The van der Waals surface area contributed by atoms with Crippen LogP contribution in [0, 0.1) is 6.92 Å². The van der Waals surface area contributed by atoms with Crippen molar-refractivity contribution >= 4 is 45.0 Å². The van der Waals surface area contributed by atoms with Crippen molar-refractivity contribution in [1.29, 1.82) is 0 Å². The molecule has 0 saturated carbocycles. The molecule has 30 heavy (non-hydrogen) atoms. The standard InChI is InChI=1S/C25H18ClN3O/c1-15-13-22-23(14-21(15)26)29-24(28-22)17-9-11-18(12-10-17)27-25(30)20-8-4-6-16-5-2-3-7-19(16)20/h2-14H,1H3,(H,27,30)(H,28,29). The maximum atomic E-state index is 12.8. The van der Waals surface area contributed by atoms with E-state index in [0.717, 1.165) is 44.4 Å². The number of fused-ring (bicyclic) bond motifs is 2. The van der Waals surface area contributed by atoms with Crippen molar-refractivity contribution in [3.63, 3.8) is 0 Å². The van der Waals surface area contributed by atoms with Crippen molar-refractivity contribution in [3.8, 4) is 11.4 Å². The number of aromatic nitrogens is 2. The molecule has 0 aliphatic carbocycles. The van der Waals surface area contributed by atoms with Crippen molar-refractivity contribution in [2.75, 3.05) is 5.32 Å². The predicted molar refractivity (Wildman–Crippen MR) is 123 cm³/mol. The number of aryl methyl sites for hydroxylation is 1. The van der Waals surface area contributed by atoms with Gasteiger partial charge in [0.25, 0.3) is 5.91 Å². The first-order chi connectivity index (χ1) is 14.6. The second kappa shape index (κ2) is 7.32. The van der Waals surface area contributed by atoms with Crippen molar-refractivity contribution in [3.05, 3.63) is 95.0 Å². The Morgan fingerprint density at radius 3 is 2.57 bits per heavy atom. The smallest absolute Gasteiger partial charge is 0.256 e. The van der Waals surface area contributed by atoms with Gasteiger partial charge in [0, 0.05) is 21.8 Å². The number of nitrogens with one attached hydrogen (secondary N) is 2. The minimum absolute atomic E-state index is 0.131. The fourth-order valence-corrected chi connectivity index (χ4v) is 3.77. The van der Waals surface area contributed by atoms with Crippen LogP contribution < -0.4 is 5.32 Å². The first-order valence-corrected chi connectivity index (χ1v) is 10.0. The highest BCUT2D eigenvalue weighted by atomic mass is 35.5. The Kier molecular flexibility index (Phi) is 4.49. The molecule has 0 aliphatic rings. The lowest BCUT2D eigenvalue weighted by Crippen LogP contribution is -2.12. The van der Waals surface area contributed by atoms with E-state index < -0.39 is 0 Å². The first-order valence-electron chi connectivity index (χ1n) is 9.64. The Morgan fingerprint density at radius 1 is 0.967 bits per heavy atom. The van der Waals surface area contributed by atoms with Crippen LogP contribution in [0.1, 0.15) is 15.9 Å². The van der Waals surface area contributed by atoms with Crippen LogP contribution in [0.15, 0.2) is 78.9 Å².